The number of anilines is 2. The smallest absolute Gasteiger partial charge is 0.282 e. The normalized spacial score (nSPS) is 13.5. The number of nitrogens with zero attached hydrogens (tertiary/aromatic N) is 1. The van der Waals surface area contributed by atoms with E-state index in [0.29, 0.717) is 34.0 Å². The van der Waals surface area contributed by atoms with E-state index in [1.54, 1.807) is 32.4 Å². The molecule has 0 atom stereocenters. The van der Waals surface area contributed by atoms with Crippen LogP contribution in [0.4, 0.5) is 11.4 Å². The van der Waals surface area contributed by atoms with Crippen LogP contribution in [-0.4, -0.2) is 26.0 Å². The SMILES string of the molecule is COc1ccc(NC2=C(c3ccc(C)cc3)C(=O)N(c3cc(C)cc(C)c3)C2=O)c(OC)c1. The van der Waals surface area contributed by atoms with Gasteiger partial charge in [0.05, 0.1) is 31.2 Å². The predicted molar refractivity (Wildman–Crippen MR) is 130 cm³/mol. The van der Waals surface area contributed by atoms with Crippen LogP contribution in [0.5, 0.6) is 11.5 Å². The second-order valence-electron chi connectivity index (χ2n) is 8.10. The lowest BCUT2D eigenvalue weighted by Crippen LogP contribution is -2.32. The maximum absolute atomic E-state index is 13.6. The highest BCUT2D eigenvalue weighted by Gasteiger charge is 2.40. The Hall–Kier alpha value is -4.06. The van der Waals surface area contributed by atoms with Crippen LogP contribution in [0.15, 0.2) is 66.4 Å². The summed E-state index contributed by atoms with van der Waals surface area (Å²) in [6.45, 7) is 5.86. The quantitative estimate of drug-likeness (QED) is 0.543. The van der Waals surface area contributed by atoms with Crippen molar-refractivity contribution in [3.05, 3.63) is 88.6 Å². The second kappa shape index (κ2) is 8.82. The summed E-state index contributed by atoms with van der Waals surface area (Å²) in [5.41, 5.74) is 5.30. The maximum atomic E-state index is 13.6. The first-order valence-corrected chi connectivity index (χ1v) is 10.6. The van der Waals surface area contributed by atoms with Gasteiger partial charge in [-0.1, -0.05) is 35.9 Å². The van der Waals surface area contributed by atoms with Crippen molar-refractivity contribution in [3.63, 3.8) is 0 Å². The molecule has 3 aromatic carbocycles. The van der Waals surface area contributed by atoms with Gasteiger partial charge in [0.1, 0.15) is 17.2 Å². The molecule has 168 valence electrons. The molecule has 0 unspecified atom stereocenters. The van der Waals surface area contributed by atoms with Crippen molar-refractivity contribution in [3.8, 4) is 11.5 Å². The van der Waals surface area contributed by atoms with Crippen LogP contribution in [-0.2, 0) is 9.59 Å². The van der Waals surface area contributed by atoms with Gasteiger partial charge in [-0.2, -0.15) is 0 Å². The Morgan fingerprint density at radius 3 is 2.00 bits per heavy atom. The average molecular weight is 443 g/mol. The molecule has 2 amide bonds. The molecule has 0 saturated carbocycles. The molecular formula is C27H26N2O4. The van der Waals surface area contributed by atoms with Crippen LogP contribution in [0, 0.1) is 20.8 Å². The van der Waals surface area contributed by atoms with Crippen LogP contribution in [0.1, 0.15) is 22.3 Å². The molecule has 33 heavy (non-hydrogen) atoms. The second-order valence-corrected chi connectivity index (χ2v) is 8.10. The Morgan fingerprint density at radius 2 is 1.39 bits per heavy atom. The average Bonchev–Trinajstić information content (AvgIpc) is 3.03. The lowest BCUT2D eigenvalue weighted by Gasteiger charge is -2.17. The van der Waals surface area contributed by atoms with Gasteiger partial charge in [-0.05, 0) is 61.7 Å². The molecule has 1 N–H and O–H groups in total. The van der Waals surface area contributed by atoms with Crippen molar-refractivity contribution in [2.45, 2.75) is 20.8 Å². The highest BCUT2D eigenvalue weighted by atomic mass is 16.5. The molecular weight excluding hydrogens is 416 g/mol. The predicted octanol–water partition coefficient (Wildman–Crippen LogP) is 5.03. The summed E-state index contributed by atoms with van der Waals surface area (Å²) in [6.07, 6.45) is 0. The molecule has 6 heteroatoms. The fraction of sp³-hybridized carbons (Fsp3) is 0.185. The largest absolute Gasteiger partial charge is 0.497 e. The van der Waals surface area contributed by atoms with Gasteiger partial charge in [-0.25, -0.2) is 4.90 Å². The summed E-state index contributed by atoms with van der Waals surface area (Å²) in [5.74, 6) is 0.327. The topological polar surface area (TPSA) is 67.9 Å². The number of benzene rings is 3. The molecule has 1 heterocycles. The van der Waals surface area contributed by atoms with E-state index in [9.17, 15) is 9.59 Å². The molecule has 0 aromatic heterocycles. The minimum Gasteiger partial charge on any atom is -0.497 e. The van der Waals surface area contributed by atoms with E-state index in [-0.39, 0.29) is 11.6 Å². The molecule has 0 fully saturated rings. The first-order chi connectivity index (χ1) is 15.8. The van der Waals surface area contributed by atoms with Gasteiger partial charge in [0.25, 0.3) is 11.8 Å². The first kappa shape index (κ1) is 22.1. The Bertz CT molecular complexity index is 1260. The van der Waals surface area contributed by atoms with Crippen LogP contribution in [0.2, 0.25) is 0 Å². The molecule has 0 saturated heterocycles. The van der Waals surface area contributed by atoms with E-state index in [4.69, 9.17) is 9.47 Å². The summed E-state index contributed by atoms with van der Waals surface area (Å²) in [4.78, 5) is 28.5. The van der Waals surface area contributed by atoms with Gasteiger partial charge < -0.3 is 14.8 Å². The summed E-state index contributed by atoms with van der Waals surface area (Å²) in [7, 11) is 3.11. The number of aryl methyl sites for hydroxylation is 3. The molecule has 6 nitrogen and oxygen atoms in total. The van der Waals surface area contributed by atoms with Crippen molar-refractivity contribution >= 4 is 28.8 Å². The van der Waals surface area contributed by atoms with Gasteiger partial charge in [0, 0.05) is 6.07 Å². The van der Waals surface area contributed by atoms with E-state index in [2.05, 4.69) is 5.32 Å². The van der Waals surface area contributed by atoms with Gasteiger partial charge in [-0.15, -0.1) is 0 Å². The number of nitrogens with one attached hydrogen (secondary N) is 1. The van der Waals surface area contributed by atoms with E-state index >= 15 is 0 Å². The maximum Gasteiger partial charge on any atom is 0.282 e. The Labute approximate surface area is 193 Å². The third-order valence-electron chi connectivity index (χ3n) is 5.56. The fourth-order valence-corrected chi connectivity index (χ4v) is 3.98. The summed E-state index contributed by atoms with van der Waals surface area (Å²) >= 11 is 0. The number of hydrogen-bond donors (Lipinski definition) is 1. The molecule has 3 aromatic rings. The zero-order chi connectivity index (χ0) is 23.7. The van der Waals surface area contributed by atoms with E-state index < -0.39 is 5.91 Å². The third kappa shape index (κ3) is 4.20. The monoisotopic (exact) mass is 442 g/mol. The lowest BCUT2D eigenvalue weighted by molar-refractivity contribution is -0.120. The summed E-state index contributed by atoms with van der Waals surface area (Å²) in [6, 6.07) is 18.5. The van der Waals surface area contributed by atoms with Crippen molar-refractivity contribution < 1.29 is 19.1 Å². The number of rotatable bonds is 6. The van der Waals surface area contributed by atoms with Gasteiger partial charge in [0.15, 0.2) is 0 Å². The van der Waals surface area contributed by atoms with Gasteiger partial charge >= 0.3 is 0 Å². The molecule has 0 radical (unpaired) electrons. The number of methoxy groups -OCH3 is 2. The standard InChI is InChI=1S/C27H26N2O4/c1-16-6-8-19(9-7-16)24-25(28-22-11-10-21(32-4)15-23(22)33-5)27(31)29(26(24)30)20-13-17(2)12-18(3)14-20/h6-15,28H,1-5H3. The molecule has 0 aliphatic carbocycles. The molecule has 0 bridgehead atoms. The van der Waals surface area contributed by atoms with Crippen molar-refractivity contribution in [2.24, 2.45) is 0 Å². The van der Waals surface area contributed by atoms with Gasteiger partial charge in [0.2, 0.25) is 0 Å². The number of carbonyl (C=O) groups excluding carboxylic acids is 2. The van der Waals surface area contributed by atoms with Gasteiger partial charge in [-0.3, -0.25) is 9.59 Å². The van der Waals surface area contributed by atoms with E-state index in [1.165, 1.54) is 4.90 Å². The number of hydrogen-bond acceptors (Lipinski definition) is 5. The van der Waals surface area contributed by atoms with E-state index in [0.717, 1.165) is 16.7 Å². The lowest BCUT2D eigenvalue weighted by atomic mass is 10.0. The zero-order valence-corrected chi connectivity index (χ0v) is 19.4. The summed E-state index contributed by atoms with van der Waals surface area (Å²) in [5, 5.41) is 3.17. The molecule has 0 spiro atoms. The molecule has 1 aliphatic rings. The minimum absolute atomic E-state index is 0.200. The number of ether oxygens (including phenoxy) is 2. The fourth-order valence-electron chi connectivity index (χ4n) is 3.98. The van der Waals surface area contributed by atoms with Crippen LogP contribution in [0.3, 0.4) is 0 Å². The molecule has 4 rings (SSSR count). The number of carbonyl (C=O) groups is 2. The number of amides is 2. The van der Waals surface area contributed by atoms with Crippen LogP contribution < -0.4 is 19.7 Å². The van der Waals surface area contributed by atoms with Crippen molar-refractivity contribution in [1.82, 2.24) is 0 Å². The van der Waals surface area contributed by atoms with E-state index in [1.807, 2.05) is 63.2 Å². The molecule has 1 aliphatic heterocycles. The number of imide groups is 1. The van der Waals surface area contributed by atoms with Crippen LogP contribution in [0.25, 0.3) is 5.57 Å². The minimum atomic E-state index is -0.418. The summed E-state index contributed by atoms with van der Waals surface area (Å²) < 4.78 is 10.8. The van der Waals surface area contributed by atoms with Crippen molar-refractivity contribution in [1.29, 1.82) is 0 Å². The van der Waals surface area contributed by atoms with Crippen molar-refractivity contribution in [2.75, 3.05) is 24.4 Å². The Balaban J connectivity index is 1.85. The first-order valence-electron chi connectivity index (χ1n) is 10.6. The Morgan fingerprint density at radius 1 is 0.727 bits per heavy atom. The Kier molecular flexibility index (Phi) is 5.92. The third-order valence-corrected chi connectivity index (χ3v) is 5.56. The highest BCUT2D eigenvalue weighted by molar-refractivity contribution is 6.46. The zero-order valence-electron chi connectivity index (χ0n) is 19.4. The highest BCUT2D eigenvalue weighted by Crippen LogP contribution is 2.37. The van der Waals surface area contributed by atoms with Crippen LogP contribution >= 0.6 is 0 Å².